The van der Waals surface area contributed by atoms with E-state index in [2.05, 4.69) is 181 Å². The van der Waals surface area contributed by atoms with Crippen molar-refractivity contribution in [3.05, 3.63) is 199 Å². The van der Waals surface area contributed by atoms with Crippen molar-refractivity contribution in [1.29, 1.82) is 0 Å². The third kappa shape index (κ3) is 4.66. The molecule has 0 radical (unpaired) electrons. The Balaban J connectivity index is 1.19. The maximum atomic E-state index is 6.69. The smallest absolute Gasteiger partial charge is 0.227 e. The van der Waals surface area contributed by atoms with E-state index in [0.717, 1.165) is 66.5 Å². The van der Waals surface area contributed by atoms with Gasteiger partial charge in [0.25, 0.3) is 0 Å². The zero-order valence-corrected chi connectivity index (χ0v) is 32.1. The highest BCUT2D eigenvalue weighted by atomic mass is 16.3. The molecule has 12 rings (SSSR count). The third-order valence-corrected chi connectivity index (χ3v) is 12.4. The third-order valence-electron chi connectivity index (χ3n) is 12.4. The second-order valence-electron chi connectivity index (χ2n) is 15.9. The fourth-order valence-electron chi connectivity index (χ4n) is 9.72. The summed E-state index contributed by atoms with van der Waals surface area (Å²) >= 11 is 0. The summed E-state index contributed by atoms with van der Waals surface area (Å²) in [5, 5.41) is 6.85. The van der Waals surface area contributed by atoms with Gasteiger partial charge in [0.05, 0.1) is 22.4 Å². The number of benzene rings is 9. The van der Waals surface area contributed by atoms with Crippen molar-refractivity contribution in [2.24, 2.45) is 0 Å². The van der Waals surface area contributed by atoms with Gasteiger partial charge in [-0.25, -0.2) is 4.98 Å². The van der Waals surface area contributed by atoms with Crippen molar-refractivity contribution < 1.29 is 4.42 Å². The van der Waals surface area contributed by atoms with Crippen molar-refractivity contribution in [2.45, 2.75) is 19.3 Å². The quantitative estimate of drug-likeness (QED) is 0.165. The number of fused-ring (bicyclic) bond motifs is 11. The number of oxazole rings is 1. The maximum absolute atomic E-state index is 6.69. The fraction of sp³-hybridized carbons (Fsp3) is 0.0556. The number of rotatable bonds is 5. The summed E-state index contributed by atoms with van der Waals surface area (Å²) in [6, 6.07) is 67.8. The van der Waals surface area contributed by atoms with Crippen LogP contribution in [0.15, 0.2) is 192 Å². The van der Waals surface area contributed by atoms with E-state index in [0.29, 0.717) is 5.89 Å². The van der Waals surface area contributed by atoms with Gasteiger partial charge >= 0.3 is 0 Å². The largest absolute Gasteiger partial charge is 0.435 e. The summed E-state index contributed by atoms with van der Waals surface area (Å²) in [6.07, 6.45) is 0. The molecule has 0 bridgehead atoms. The van der Waals surface area contributed by atoms with Crippen LogP contribution in [-0.4, -0.2) is 9.55 Å². The molecule has 0 saturated heterocycles. The highest BCUT2D eigenvalue weighted by molar-refractivity contribution is 6.20. The van der Waals surface area contributed by atoms with E-state index in [9.17, 15) is 0 Å². The second-order valence-corrected chi connectivity index (χ2v) is 15.9. The van der Waals surface area contributed by atoms with Gasteiger partial charge in [0.15, 0.2) is 5.58 Å². The van der Waals surface area contributed by atoms with Crippen LogP contribution in [0.5, 0.6) is 0 Å². The topological polar surface area (TPSA) is 34.2 Å². The van der Waals surface area contributed by atoms with Gasteiger partial charge < -0.3 is 13.9 Å². The fourth-order valence-corrected chi connectivity index (χ4v) is 9.72. The minimum atomic E-state index is -0.156. The van der Waals surface area contributed by atoms with Crippen LogP contribution < -0.4 is 4.90 Å². The van der Waals surface area contributed by atoms with Crippen LogP contribution in [0.25, 0.3) is 82.7 Å². The molecule has 0 fully saturated rings. The summed E-state index contributed by atoms with van der Waals surface area (Å²) < 4.78 is 9.09. The molecule has 1 aliphatic rings. The van der Waals surface area contributed by atoms with Crippen LogP contribution in [0, 0.1) is 0 Å². The summed E-state index contributed by atoms with van der Waals surface area (Å²) in [5.74, 6) is 0.625. The first kappa shape index (κ1) is 32.8. The Kier molecular flexibility index (Phi) is 6.94. The lowest BCUT2D eigenvalue weighted by Gasteiger charge is -2.30. The van der Waals surface area contributed by atoms with Gasteiger partial charge in [-0.05, 0) is 99.6 Å². The van der Waals surface area contributed by atoms with Crippen LogP contribution >= 0.6 is 0 Å². The maximum Gasteiger partial charge on any atom is 0.227 e. The van der Waals surface area contributed by atoms with Gasteiger partial charge in [0, 0.05) is 44.1 Å². The van der Waals surface area contributed by atoms with Gasteiger partial charge in [0.1, 0.15) is 5.52 Å². The average molecular weight is 744 g/mol. The van der Waals surface area contributed by atoms with Gasteiger partial charge in [-0.1, -0.05) is 135 Å². The molecule has 4 nitrogen and oxygen atoms in total. The van der Waals surface area contributed by atoms with Crippen LogP contribution in [0.3, 0.4) is 0 Å². The normalized spacial score (nSPS) is 13.1. The Morgan fingerprint density at radius 3 is 2.09 bits per heavy atom. The summed E-state index contributed by atoms with van der Waals surface area (Å²) in [6.45, 7) is 4.71. The Bertz CT molecular complexity index is 3430. The standard InChI is InChI=1S/C54H37N3O/c1-54(2)42-21-11-9-19-39(42)50-43(54)22-13-24-46(50)57(48-26-14-25-47-51(48)40-20-10-12-23-45(40)56(47)37-17-7-4-8-18-37)38-31-29-34-27-28-35-30-32-44-52(49(35)41(34)33-38)58-53(55-44)36-15-5-3-6-16-36/h3-33H,1-2H3. The first-order chi connectivity index (χ1) is 28.5. The molecular formula is C54H37N3O. The predicted octanol–water partition coefficient (Wildman–Crippen LogP) is 14.7. The van der Waals surface area contributed by atoms with Crippen LogP contribution in [-0.2, 0) is 5.41 Å². The van der Waals surface area contributed by atoms with Gasteiger partial charge in [-0.15, -0.1) is 0 Å². The Morgan fingerprint density at radius 2 is 1.21 bits per heavy atom. The average Bonchev–Trinajstić information content (AvgIpc) is 3.94. The molecule has 0 unspecified atom stereocenters. The predicted molar refractivity (Wildman–Crippen MR) is 241 cm³/mol. The van der Waals surface area contributed by atoms with E-state index in [1.807, 2.05) is 30.3 Å². The number of nitrogens with zero attached hydrogens (tertiary/aromatic N) is 3. The summed E-state index contributed by atoms with van der Waals surface area (Å²) in [7, 11) is 0. The number of hydrogen-bond acceptors (Lipinski definition) is 3. The molecule has 9 aromatic carbocycles. The van der Waals surface area contributed by atoms with E-state index < -0.39 is 0 Å². The van der Waals surface area contributed by atoms with Gasteiger partial charge in [-0.3, -0.25) is 0 Å². The molecular weight excluding hydrogens is 707 g/mol. The zero-order valence-electron chi connectivity index (χ0n) is 32.1. The molecule has 4 heteroatoms. The first-order valence-corrected chi connectivity index (χ1v) is 20.0. The van der Waals surface area contributed by atoms with Gasteiger partial charge in [0.2, 0.25) is 5.89 Å². The lowest BCUT2D eigenvalue weighted by Crippen LogP contribution is -2.16. The number of para-hydroxylation sites is 2. The van der Waals surface area contributed by atoms with Gasteiger partial charge in [-0.2, -0.15) is 0 Å². The molecule has 1 aliphatic carbocycles. The molecule has 0 saturated carbocycles. The van der Waals surface area contributed by atoms with Crippen molar-refractivity contribution >= 4 is 71.5 Å². The first-order valence-electron chi connectivity index (χ1n) is 20.0. The second kappa shape index (κ2) is 12.3. The Morgan fingerprint density at radius 1 is 0.534 bits per heavy atom. The molecule has 2 aromatic heterocycles. The van der Waals surface area contributed by atoms with Crippen LogP contribution in [0.2, 0.25) is 0 Å². The highest BCUT2D eigenvalue weighted by Crippen LogP contribution is 2.55. The molecule has 2 heterocycles. The summed E-state index contributed by atoms with van der Waals surface area (Å²) in [5.41, 5.74) is 14.5. The van der Waals surface area contributed by atoms with E-state index in [4.69, 9.17) is 9.40 Å². The number of hydrogen-bond donors (Lipinski definition) is 0. The minimum Gasteiger partial charge on any atom is -0.435 e. The van der Waals surface area contributed by atoms with E-state index >= 15 is 0 Å². The van der Waals surface area contributed by atoms with E-state index in [1.54, 1.807) is 0 Å². The van der Waals surface area contributed by atoms with Crippen molar-refractivity contribution in [1.82, 2.24) is 9.55 Å². The van der Waals surface area contributed by atoms with Crippen molar-refractivity contribution in [2.75, 3.05) is 4.90 Å². The lowest BCUT2D eigenvalue weighted by atomic mass is 9.82. The molecule has 0 atom stereocenters. The number of aromatic nitrogens is 2. The van der Waals surface area contributed by atoms with E-state index in [-0.39, 0.29) is 5.41 Å². The summed E-state index contributed by atoms with van der Waals surface area (Å²) in [4.78, 5) is 7.49. The molecule has 58 heavy (non-hydrogen) atoms. The highest BCUT2D eigenvalue weighted by Gasteiger charge is 2.38. The Labute approximate surface area is 335 Å². The molecule has 0 aliphatic heterocycles. The van der Waals surface area contributed by atoms with Crippen LogP contribution in [0.1, 0.15) is 25.0 Å². The molecule has 0 amide bonds. The Hall–Kier alpha value is -7.43. The van der Waals surface area contributed by atoms with E-state index in [1.165, 1.54) is 38.5 Å². The van der Waals surface area contributed by atoms with Crippen LogP contribution in [0.4, 0.5) is 17.1 Å². The monoisotopic (exact) mass is 743 g/mol. The zero-order chi connectivity index (χ0) is 38.5. The SMILES string of the molecule is CC1(C)c2ccccc2-c2c(N(c3ccc4ccc5ccc6nc(-c7ccccc7)oc6c5c4c3)c3cccc4c3c3ccccc3n4-c3ccccc3)cccc21. The molecule has 0 spiro atoms. The van der Waals surface area contributed by atoms with Crippen molar-refractivity contribution in [3.8, 4) is 28.3 Å². The minimum absolute atomic E-state index is 0.156. The molecule has 274 valence electrons. The number of anilines is 3. The molecule has 0 N–H and O–H groups in total. The lowest BCUT2D eigenvalue weighted by molar-refractivity contribution is 0.623. The van der Waals surface area contributed by atoms with Crippen molar-refractivity contribution in [3.63, 3.8) is 0 Å². The molecule has 11 aromatic rings.